The van der Waals surface area contributed by atoms with Crippen molar-refractivity contribution in [1.82, 2.24) is 9.97 Å². The van der Waals surface area contributed by atoms with Gasteiger partial charge in [0, 0.05) is 13.1 Å². The predicted molar refractivity (Wildman–Crippen MR) is 70.2 cm³/mol. The number of nitrogens with zero attached hydrogens (tertiary/aromatic N) is 2. The van der Waals surface area contributed by atoms with Gasteiger partial charge in [-0.05, 0) is 12.8 Å². The van der Waals surface area contributed by atoms with Crippen LogP contribution in [0.4, 0.5) is 11.6 Å². The molecule has 0 radical (unpaired) electrons. The molecule has 1 unspecified atom stereocenters. The van der Waals surface area contributed by atoms with E-state index in [1.165, 1.54) is 0 Å². The minimum absolute atomic E-state index is 0.325. The standard InChI is InChI=1S/C12H22N4O/c1-3-5-10(17)7-15-12-9-13-8-11(16-12)14-6-4-2/h8-10,17H,3-7H2,1-2H3,(H2,14,15,16). The molecule has 0 aliphatic rings. The number of aliphatic hydroxyl groups excluding tert-OH is 1. The SMILES string of the molecule is CCCNc1cncc(NCC(O)CCC)n1. The third kappa shape index (κ3) is 5.49. The van der Waals surface area contributed by atoms with Crippen LogP contribution < -0.4 is 10.6 Å². The number of hydrogen-bond donors (Lipinski definition) is 3. The van der Waals surface area contributed by atoms with E-state index in [4.69, 9.17) is 0 Å². The number of aliphatic hydroxyl groups is 1. The van der Waals surface area contributed by atoms with Crippen molar-refractivity contribution < 1.29 is 5.11 Å². The summed E-state index contributed by atoms with van der Waals surface area (Å²) in [5.74, 6) is 1.46. The molecule has 1 rings (SSSR count). The molecular weight excluding hydrogens is 216 g/mol. The topological polar surface area (TPSA) is 70.1 Å². The Morgan fingerprint density at radius 2 is 1.88 bits per heavy atom. The van der Waals surface area contributed by atoms with Crippen molar-refractivity contribution >= 4 is 11.6 Å². The van der Waals surface area contributed by atoms with Crippen LogP contribution in [0.2, 0.25) is 0 Å². The van der Waals surface area contributed by atoms with Gasteiger partial charge in [0.05, 0.1) is 18.5 Å². The van der Waals surface area contributed by atoms with Crippen LogP contribution in [0, 0.1) is 0 Å². The maximum absolute atomic E-state index is 9.59. The highest BCUT2D eigenvalue weighted by Crippen LogP contribution is 2.07. The van der Waals surface area contributed by atoms with E-state index in [9.17, 15) is 5.11 Å². The zero-order valence-corrected chi connectivity index (χ0v) is 10.6. The lowest BCUT2D eigenvalue weighted by molar-refractivity contribution is 0.176. The number of hydrogen-bond acceptors (Lipinski definition) is 5. The maximum atomic E-state index is 9.59. The fourth-order valence-corrected chi connectivity index (χ4v) is 1.45. The summed E-state index contributed by atoms with van der Waals surface area (Å²) in [6.45, 7) is 5.55. The Hall–Kier alpha value is -1.36. The number of aromatic nitrogens is 2. The summed E-state index contributed by atoms with van der Waals surface area (Å²) in [6.07, 6.45) is 5.86. The first-order valence-electron chi connectivity index (χ1n) is 6.24. The Morgan fingerprint density at radius 1 is 1.18 bits per heavy atom. The van der Waals surface area contributed by atoms with Crippen LogP contribution >= 0.6 is 0 Å². The number of anilines is 2. The van der Waals surface area contributed by atoms with Crippen molar-refractivity contribution in [2.75, 3.05) is 23.7 Å². The second-order valence-electron chi connectivity index (χ2n) is 4.04. The lowest BCUT2D eigenvalue weighted by Gasteiger charge is -2.11. The van der Waals surface area contributed by atoms with E-state index in [1.54, 1.807) is 12.4 Å². The molecule has 0 amide bonds. The lowest BCUT2D eigenvalue weighted by atomic mass is 10.2. The van der Waals surface area contributed by atoms with Gasteiger partial charge in [-0.1, -0.05) is 20.3 Å². The number of rotatable bonds is 8. The smallest absolute Gasteiger partial charge is 0.147 e. The molecule has 0 bridgehead atoms. The molecule has 0 aliphatic carbocycles. The van der Waals surface area contributed by atoms with Gasteiger partial charge in [0.25, 0.3) is 0 Å². The van der Waals surface area contributed by atoms with Gasteiger partial charge in [-0.3, -0.25) is 4.98 Å². The first-order valence-corrected chi connectivity index (χ1v) is 6.24. The fourth-order valence-electron chi connectivity index (χ4n) is 1.45. The van der Waals surface area contributed by atoms with Crippen LogP contribution in [0.25, 0.3) is 0 Å². The zero-order chi connectivity index (χ0) is 12.5. The Kier molecular flexibility index (Phi) is 6.32. The summed E-state index contributed by atoms with van der Waals surface area (Å²) in [4.78, 5) is 8.44. The van der Waals surface area contributed by atoms with Crippen LogP contribution in [0.3, 0.4) is 0 Å². The summed E-state index contributed by atoms with van der Waals surface area (Å²) in [6, 6.07) is 0. The van der Waals surface area contributed by atoms with E-state index in [1.807, 2.05) is 0 Å². The summed E-state index contributed by atoms with van der Waals surface area (Å²) in [5.41, 5.74) is 0. The van der Waals surface area contributed by atoms with E-state index in [0.717, 1.165) is 31.6 Å². The fraction of sp³-hybridized carbons (Fsp3) is 0.667. The highest BCUT2D eigenvalue weighted by atomic mass is 16.3. The van der Waals surface area contributed by atoms with Crippen LogP contribution in [-0.2, 0) is 0 Å². The minimum atomic E-state index is -0.325. The Bertz CT molecular complexity index is 319. The van der Waals surface area contributed by atoms with Gasteiger partial charge in [0.1, 0.15) is 11.6 Å². The summed E-state index contributed by atoms with van der Waals surface area (Å²) in [7, 11) is 0. The van der Waals surface area contributed by atoms with Gasteiger partial charge in [0.15, 0.2) is 0 Å². The van der Waals surface area contributed by atoms with Crippen molar-refractivity contribution in [3.05, 3.63) is 12.4 Å². The quantitative estimate of drug-likeness (QED) is 0.645. The molecule has 0 saturated heterocycles. The van der Waals surface area contributed by atoms with Crippen LogP contribution in [0.5, 0.6) is 0 Å². The monoisotopic (exact) mass is 238 g/mol. The van der Waals surface area contributed by atoms with E-state index in [0.29, 0.717) is 12.4 Å². The van der Waals surface area contributed by atoms with Gasteiger partial charge in [-0.2, -0.15) is 0 Å². The molecule has 96 valence electrons. The van der Waals surface area contributed by atoms with Gasteiger partial charge in [-0.15, -0.1) is 0 Å². The molecule has 0 saturated carbocycles. The minimum Gasteiger partial charge on any atom is -0.391 e. The Morgan fingerprint density at radius 3 is 2.53 bits per heavy atom. The summed E-state index contributed by atoms with van der Waals surface area (Å²) in [5, 5.41) is 15.8. The molecule has 17 heavy (non-hydrogen) atoms. The molecule has 0 aromatic carbocycles. The molecule has 1 heterocycles. The van der Waals surface area contributed by atoms with Gasteiger partial charge >= 0.3 is 0 Å². The predicted octanol–water partition coefficient (Wildman–Crippen LogP) is 1.87. The van der Waals surface area contributed by atoms with Crippen molar-refractivity contribution in [3.63, 3.8) is 0 Å². The van der Waals surface area contributed by atoms with Crippen LogP contribution in [0.1, 0.15) is 33.1 Å². The molecule has 0 aliphatic heterocycles. The highest BCUT2D eigenvalue weighted by molar-refractivity contribution is 5.41. The van der Waals surface area contributed by atoms with Crippen LogP contribution in [-0.4, -0.2) is 34.3 Å². The van der Waals surface area contributed by atoms with Gasteiger partial charge in [0.2, 0.25) is 0 Å². The Labute approximate surface area is 103 Å². The van der Waals surface area contributed by atoms with Gasteiger partial charge < -0.3 is 15.7 Å². The number of nitrogens with one attached hydrogen (secondary N) is 2. The second kappa shape index (κ2) is 7.84. The third-order valence-electron chi connectivity index (χ3n) is 2.33. The average Bonchev–Trinajstić information content (AvgIpc) is 2.35. The lowest BCUT2D eigenvalue weighted by Crippen LogP contribution is -2.19. The van der Waals surface area contributed by atoms with Crippen molar-refractivity contribution in [3.8, 4) is 0 Å². The summed E-state index contributed by atoms with van der Waals surface area (Å²) >= 11 is 0. The molecule has 1 aromatic rings. The van der Waals surface area contributed by atoms with Crippen molar-refractivity contribution in [2.24, 2.45) is 0 Å². The largest absolute Gasteiger partial charge is 0.391 e. The highest BCUT2D eigenvalue weighted by Gasteiger charge is 2.03. The maximum Gasteiger partial charge on any atom is 0.147 e. The molecule has 0 fully saturated rings. The van der Waals surface area contributed by atoms with E-state index >= 15 is 0 Å². The summed E-state index contributed by atoms with van der Waals surface area (Å²) < 4.78 is 0. The second-order valence-corrected chi connectivity index (χ2v) is 4.04. The molecule has 5 heteroatoms. The first-order chi connectivity index (χ1) is 8.26. The molecule has 1 atom stereocenters. The third-order valence-corrected chi connectivity index (χ3v) is 2.33. The molecule has 3 N–H and O–H groups in total. The van der Waals surface area contributed by atoms with Crippen molar-refractivity contribution in [1.29, 1.82) is 0 Å². The Balaban J connectivity index is 2.42. The molecule has 0 spiro atoms. The van der Waals surface area contributed by atoms with Crippen LogP contribution in [0.15, 0.2) is 12.4 Å². The first kappa shape index (κ1) is 13.7. The van der Waals surface area contributed by atoms with E-state index < -0.39 is 0 Å². The van der Waals surface area contributed by atoms with Gasteiger partial charge in [-0.25, -0.2) is 4.98 Å². The van der Waals surface area contributed by atoms with Crippen molar-refractivity contribution in [2.45, 2.75) is 39.2 Å². The molecule has 1 aromatic heterocycles. The zero-order valence-electron chi connectivity index (χ0n) is 10.6. The molecule has 5 nitrogen and oxygen atoms in total. The van der Waals surface area contributed by atoms with E-state index in [-0.39, 0.29) is 6.10 Å². The normalized spacial score (nSPS) is 12.2. The average molecular weight is 238 g/mol. The molecular formula is C12H22N4O. The van der Waals surface area contributed by atoms with E-state index in [2.05, 4.69) is 34.4 Å².